The Hall–Kier alpha value is -0.900. The minimum atomic E-state index is -0.433. The second-order valence-electron chi connectivity index (χ2n) is 2.25. The quantitative estimate of drug-likeness (QED) is 0.813. The van der Waals surface area contributed by atoms with Gasteiger partial charge in [-0.2, -0.15) is 0 Å². The van der Waals surface area contributed by atoms with Gasteiger partial charge >= 0.3 is 0 Å². The molecule has 13 heavy (non-hydrogen) atoms. The third-order valence-electron chi connectivity index (χ3n) is 1.26. The topological polar surface area (TPSA) is 56.0 Å². The van der Waals surface area contributed by atoms with Crippen LogP contribution in [-0.2, 0) is 6.42 Å². The first kappa shape index (κ1) is 12.1. The summed E-state index contributed by atoms with van der Waals surface area (Å²) < 4.78 is 0. The molecule has 0 spiro atoms. The molecule has 0 bridgehead atoms. The first-order valence-electron chi connectivity index (χ1n) is 4.48. The van der Waals surface area contributed by atoms with Crippen molar-refractivity contribution in [2.24, 2.45) is 5.73 Å². The van der Waals surface area contributed by atoms with Gasteiger partial charge in [0.1, 0.15) is 0 Å². The highest BCUT2D eigenvalue weighted by Gasteiger charge is 2.05. The van der Waals surface area contributed by atoms with E-state index in [1.54, 1.807) is 6.20 Å². The first-order valence-corrected chi connectivity index (χ1v) is 5.30. The van der Waals surface area contributed by atoms with Crippen LogP contribution in [-0.4, -0.2) is 10.9 Å². The zero-order valence-corrected chi connectivity index (χ0v) is 9.15. The number of carbonyl (C=O) groups excluding carboxylic acids is 1. The van der Waals surface area contributed by atoms with Crippen molar-refractivity contribution in [3.05, 3.63) is 16.1 Å². The lowest BCUT2D eigenvalue weighted by Gasteiger charge is -1.86. The molecule has 74 valence electrons. The number of nitrogens with two attached hydrogens (primary N) is 1. The molecular weight excluding hydrogens is 184 g/mol. The van der Waals surface area contributed by atoms with Gasteiger partial charge in [-0.15, -0.1) is 11.3 Å². The van der Waals surface area contributed by atoms with Crippen molar-refractivity contribution in [2.75, 3.05) is 0 Å². The van der Waals surface area contributed by atoms with E-state index < -0.39 is 5.91 Å². The summed E-state index contributed by atoms with van der Waals surface area (Å²) in [6.45, 7) is 6.09. The van der Waals surface area contributed by atoms with E-state index in [9.17, 15) is 4.79 Å². The molecule has 0 aromatic carbocycles. The molecule has 1 rings (SSSR count). The predicted octanol–water partition coefficient (Wildman–Crippen LogP) is 2.22. The Morgan fingerprint density at radius 2 is 2.23 bits per heavy atom. The molecule has 2 N–H and O–H groups in total. The van der Waals surface area contributed by atoms with Crippen molar-refractivity contribution in [1.29, 1.82) is 0 Å². The maximum atomic E-state index is 10.6. The number of nitrogens with zero attached hydrogens (tertiary/aromatic N) is 1. The van der Waals surface area contributed by atoms with Gasteiger partial charge in [-0.25, -0.2) is 4.98 Å². The normalized spacial score (nSPS) is 8.85. The van der Waals surface area contributed by atoms with Gasteiger partial charge in [-0.1, -0.05) is 27.2 Å². The second-order valence-corrected chi connectivity index (χ2v) is 3.36. The molecule has 0 radical (unpaired) electrons. The van der Waals surface area contributed by atoms with Gasteiger partial charge in [-0.05, 0) is 6.42 Å². The number of carbonyl (C=O) groups is 1. The van der Waals surface area contributed by atoms with Crippen LogP contribution < -0.4 is 5.73 Å². The standard InChI is InChI=1S/C7H10N2OS.C2H6/c1-2-3-5-4-9-7(11-5)6(8)10;1-2/h4H,2-3H2,1H3,(H2,8,10);1-2H3. The number of amides is 1. The third kappa shape index (κ3) is 4.03. The molecular formula is C9H16N2OS. The van der Waals surface area contributed by atoms with E-state index >= 15 is 0 Å². The van der Waals surface area contributed by atoms with E-state index in [0.717, 1.165) is 17.7 Å². The van der Waals surface area contributed by atoms with Crippen molar-refractivity contribution < 1.29 is 4.79 Å². The largest absolute Gasteiger partial charge is 0.364 e. The lowest BCUT2D eigenvalue weighted by molar-refractivity contribution is 0.1000. The van der Waals surface area contributed by atoms with Crippen molar-refractivity contribution in [3.8, 4) is 0 Å². The Morgan fingerprint density at radius 3 is 2.62 bits per heavy atom. The number of hydrogen-bond donors (Lipinski definition) is 1. The molecule has 0 saturated heterocycles. The van der Waals surface area contributed by atoms with E-state index in [1.807, 2.05) is 13.8 Å². The van der Waals surface area contributed by atoms with Crippen LogP contribution in [0.5, 0.6) is 0 Å². The minimum Gasteiger partial charge on any atom is -0.364 e. The highest BCUT2D eigenvalue weighted by Crippen LogP contribution is 2.13. The van der Waals surface area contributed by atoms with Gasteiger partial charge in [0, 0.05) is 11.1 Å². The number of aryl methyl sites for hydroxylation is 1. The van der Waals surface area contributed by atoms with E-state index in [2.05, 4.69) is 11.9 Å². The van der Waals surface area contributed by atoms with Crippen LogP contribution in [0.3, 0.4) is 0 Å². The number of thiazole rings is 1. The summed E-state index contributed by atoms with van der Waals surface area (Å²) in [6.07, 6.45) is 3.76. The summed E-state index contributed by atoms with van der Waals surface area (Å²) in [5.74, 6) is -0.433. The molecule has 1 heterocycles. The zero-order valence-electron chi connectivity index (χ0n) is 8.33. The van der Waals surface area contributed by atoms with Crippen molar-refractivity contribution in [1.82, 2.24) is 4.98 Å². The van der Waals surface area contributed by atoms with Gasteiger partial charge in [-0.3, -0.25) is 4.79 Å². The Bertz CT molecular complexity index is 258. The van der Waals surface area contributed by atoms with E-state index in [0.29, 0.717) is 5.01 Å². The van der Waals surface area contributed by atoms with Crippen molar-refractivity contribution in [3.63, 3.8) is 0 Å². The fourth-order valence-electron chi connectivity index (χ4n) is 0.783. The zero-order chi connectivity index (χ0) is 10.3. The lowest BCUT2D eigenvalue weighted by Crippen LogP contribution is -2.09. The minimum absolute atomic E-state index is 0.411. The lowest BCUT2D eigenvalue weighted by atomic mass is 10.3. The Labute approximate surface area is 83.0 Å². The molecule has 0 aliphatic rings. The molecule has 0 aliphatic heterocycles. The summed E-state index contributed by atoms with van der Waals surface area (Å²) in [7, 11) is 0. The van der Waals surface area contributed by atoms with Gasteiger partial charge in [0.15, 0.2) is 5.01 Å². The number of primary amides is 1. The van der Waals surface area contributed by atoms with Crippen molar-refractivity contribution in [2.45, 2.75) is 33.6 Å². The van der Waals surface area contributed by atoms with Crippen LogP contribution in [0.1, 0.15) is 41.9 Å². The molecule has 3 nitrogen and oxygen atoms in total. The van der Waals surface area contributed by atoms with Crippen LogP contribution in [0.25, 0.3) is 0 Å². The molecule has 0 aliphatic carbocycles. The Balaban J connectivity index is 0.000000671. The fraction of sp³-hybridized carbons (Fsp3) is 0.556. The monoisotopic (exact) mass is 200 g/mol. The molecule has 0 unspecified atom stereocenters. The van der Waals surface area contributed by atoms with Crippen LogP contribution in [0.4, 0.5) is 0 Å². The SMILES string of the molecule is CC.CCCc1cnc(C(N)=O)s1. The first-order chi connectivity index (χ1) is 6.24. The van der Waals surface area contributed by atoms with Crippen molar-refractivity contribution >= 4 is 17.2 Å². The predicted molar refractivity (Wildman–Crippen MR) is 56.0 cm³/mol. The summed E-state index contributed by atoms with van der Waals surface area (Å²) >= 11 is 1.38. The average molecular weight is 200 g/mol. The third-order valence-corrected chi connectivity index (χ3v) is 2.33. The van der Waals surface area contributed by atoms with Crippen LogP contribution in [0.15, 0.2) is 6.20 Å². The van der Waals surface area contributed by atoms with E-state index in [4.69, 9.17) is 5.73 Å². The molecule has 4 heteroatoms. The van der Waals surface area contributed by atoms with E-state index in [-0.39, 0.29) is 0 Å². The summed E-state index contributed by atoms with van der Waals surface area (Å²) in [6, 6.07) is 0. The maximum Gasteiger partial charge on any atom is 0.277 e. The van der Waals surface area contributed by atoms with Crippen LogP contribution >= 0.6 is 11.3 Å². The average Bonchev–Trinajstić information content (AvgIpc) is 2.57. The molecule has 1 amide bonds. The molecule has 0 atom stereocenters. The highest BCUT2D eigenvalue weighted by atomic mass is 32.1. The summed E-state index contributed by atoms with van der Waals surface area (Å²) in [4.78, 5) is 15.6. The Kier molecular flexibility index (Phi) is 6.14. The van der Waals surface area contributed by atoms with Gasteiger partial charge in [0.05, 0.1) is 0 Å². The highest BCUT2D eigenvalue weighted by molar-refractivity contribution is 7.13. The molecule has 0 saturated carbocycles. The number of aromatic nitrogens is 1. The van der Waals surface area contributed by atoms with E-state index in [1.165, 1.54) is 11.3 Å². The van der Waals surface area contributed by atoms with Crippen LogP contribution in [0.2, 0.25) is 0 Å². The number of hydrogen-bond acceptors (Lipinski definition) is 3. The number of rotatable bonds is 3. The van der Waals surface area contributed by atoms with Gasteiger partial charge < -0.3 is 5.73 Å². The maximum absolute atomic E-state index is 10.6. The molecule has 1 aromatic heterocycles. The second kappa shape index (κ2) is 6.60. The fourth-order valence-corrected chi connectivity index (χ4v) is 1.65. The Morgan fingerprint density at radius 1 is 1.62 bits per heavy atom. The summed E-state index contributed by atoms with van der Waals surface area (Å²) in [5, 5.41) is 0.411. The van der Waals surface area contributed by atoms with Gasteiger partial charge in [0.2, 0.25) is 0 Å². The molecule has 1 aromatic rings. The smallest absolute Gasteiger partial charge is 0.277 e. The summed E-state index contributed by atoms with van der Waals surface area (Å²) in [5.41, 5.74) is 5.03. The molecule has 0 fully saturated rings. The van der Waals surface area contributed by atoms with Gasteiger partial charge in [0.25, 0.3) is 5.91 Å². The van der Waals surface area contributed by atoms with Crippen LogP contribution in [0, 0.1) is 0 Å².